The Balaban J connectivity index is 1.63. The van der Waals surface area contributed by atoms with Gasteiger partial charge in [0.25, 0.3) is 15.9 Å². The summed E-state index contributed by atoms with van der Waals surface area (Å²) in [4.78, 5) is 12.3. The number of benzene rings is 3. The topological polar surface area (TPSA) is 145 Å². The van der Waals surface area contributed by atoms with Crippen LogP contribution in [-0.2, 0) is 26.6 Å². The van der Waals surface area contributed by atoms with Gasteiger partial charge in [0.2, 0.25) is 10.0 Å². The molecule has 1 amide bonds. The first-order valence-corrected chi connectivity index (χ1v) is 12.3. The zero-order chi connectivity index (χ0) is 23.4. The van der Waals surface area contributed by atoms with Crippen molar-refractivity contribution in [1.29, 1.82) is 0 Å². The molecule has 0 aliphatic rings. The van der Waals surface area contributed by atoms with Crippen LogP contribution in [0.2, 0.25) is 0 Å². The van der Waals surface area contributed by atoms with Gasteiger partial charge in [-0.15, -0.1) is 0 Å². The number of nitrogens with one attached hydrogen (secondary N) is 2. The molecule has 0 bridgehead atoms. The lowest BCUT2D eigenvalue weighted by atomic mass is 10.2. The van der Waals surface area contributed by atoms with E-state index in [2.05, 4.69) is 10.0 Å². The Kier molecular flexibility index (Phi) is 6.82. The molecular weight excluding hydrogens is 454 g/mol. The van der Waals surface area contributed by atoms with Crippen LogP contribution < -0.4 is 19.9 Å². The Morgan fingerprint density at radius 1 is 0.844 bits per heavy atom. The van der Waals surface area contributed by atoms with Gasteiger partial charge in [0, 0.05) is 17.8 Å². The van der Waals surface area contributed by atoms with Crippen molar-refractivity contribution in [2.75, 3.05) is 11.8 Å². The van der Waals surface area contributed by atoms with Gasteiger partial charge in [0.1, 0.15) is 5.75 Å². The molecule has 3 aromatic carbocycles. The zero-order valence-electron chi connectivity index (χ0n) is 17.0. The van der Waals surface area contributed by atoms with E-state index in [-0.39, 0.29) is 21.9 Å². The average molecular weight is 476 g/mol. The molecule has 168 valence electrons. The summed E-state index contributed by atoms with van der Waals surface area (Å²) in [6.07, 6.45) is 0. The highest BCUT2D eigenvalue weighted by atomic mass is 32.2. The van der Waals surface area contributed by atoms with Gasteiger partial charge in [0.15, 0.2) is 0 Å². The molecule has 0 heterocycles. The number of methoxy groups -OCH3 is 1. The standard InChI is InChI=1S/C21H21N3O6S2/c1-30-18-8-6-17(7-9-18)24-32(28,29)20-12-4-16(5-13-20)21(25)23-14-15-2-10-19(11-3-15)31(22,26)27/h2-13,24H,14H2,1H3,(H,23,25)(H2,22,26,27). The molecular formula is C21H21N3O6S2. The third kappa shape index (κ3) is 5.84. The Labute approximate surface area is 186 Å². The van der Waals surface area contributed by atoms with Gasteiger partial charge >= 0.3 is 0 Å². The summed E-state index contributed by atoms with van der Waals surface area (Å²) in [5, 5.41) is 7.74. The number of hydrogen-bond donors (Lipinski definition) is 3. The molecule has 4 N–H and O–H groups in total. The second-order valence-corrected chi connectivity index (χ2v) is 9.97. The Bertz CT molecular complexity index is 1300. The Hall–Kier alpha value is -3.41. The van der Waals surface area contributed by atoms with Gasteiger partial charge < -0.3 is 10.1 Å². The van der Waals surface area contributed by atoms with E-state index in [0.717, 1.165) is 0 Å². The van der Waals surface area contributed by atoms with Crippen molar-refractivity contribution < 1.29 is 26.4 Å². The van der Waals surface area contributed by atoms with Gasteiger partial charge in [-0.05, 0) is 66.2 Å². The van der Waals surface area contributed by atoms with Crippen LogP contribution in [0, 0.1) is 0 Å². The molecule has 0 atom stereocenters. The van der Waals surface area contributed by atoms with Crippen molar-refractivity contribution in [2.45, 2.75) is 16.3 Å². The molecule has 0 unspecified atom stereocenters. The lowest BCUT2D eigenvalue weighted by molar-refractivity contribution is 0.0950. The molecule has 0 spiro atoms. The second-order valence-electron chi connectivity index (χ2n) is 6.73. The average Bonchev–Trinajstić information content (AvgIpc) is 2.77. The van der Waals surface area contributed by atoms with Crippen LogP contribution in [-0.4, -0.2) is 29.9 Å². The van der Waals surface area contributed by atoms with Crippen molar-refractivity contribution in [3.05, 3.63) is 83.9 Å². The summed E-state index contributed by atoms with van der Waals surface area (Å²) in [6, 6.07) is 17.7. The van der Waals surface area contributed by atoms with E-state index in [1.807, 2.05) is 0 Å². The van der Waals surface area contributed by atoms with Crippen LogP contribution >= 0.6 is 0 Å². The third-order valence-electron chi connectivity index (χ3n) is 4.47. The number of carbonyl (C=O) groups excluding carboxylic acids is 1. The highest BCUT2D eigenvalue weighted by Crippen LogP contribution is 2.19. The fourth-order valence-corrected chi connectivity index (χ4v) is 4.31. The zero-order valence-corrected chi connectivity index (χ0v) is 18.6. The van der Waals surface area contributed by atoms with Gasteiger partial charge in [-0.25, -0.2) is 22.0 Å². The van der Waals surface area contributed by atoms with Gasteiger partial charge in [-0.3, -0.25) is 9.52 Å². The van der Waals surface area contributed by atoms with Crippen LogP contribution in [0.25, 0.3) is 0 Å². The third-order valence-corrected chi connectivity index (χ3v) is 6.80. The van der Waals surface area contributed by atoms with Crippen LogP contribution in [0.5, 0.6) is 5.75 Å². The molecule has 0 aromatic heterocycles. The van der Waals surface area contributed by atoms with Crippen molar-refractivity contribution in [3.63, 3.8) is 0 Å². The minimum atomic E-state index is -3.83. The predicted molar refractivity (Wildman–Crippen MR) is 119 cm³/mol. The van der Waals surface area contributed by atoms with E-state index in [0.29, 0.717) is 17.0 Å². The van der Waals surface area contributed by atoms with E-state index >= 15 is 0 Å². The Morgan fingerprint density at radius 2 is 1.41 bits per heavy atom. The number of ether oxygens (including phenoxy) is 1. The van der Waals surface area contributed by atoms with Crippen molar-refractivity contribution in [2.24, 2.45) is 5.14 Å². The molecule has 0 aliphatic heterocycles. The molecule has 11 heteroatoms. The number of nitrogens with two attached hydrogens (primary N) is 1. The van der Waals surface area contributed by atoms with E-state index < -0.39 is 26.0 Å². The van der Waals surface area contributed by atoms with E-state index in [1.54, 1.807) is 36.4 Å². The summed E-state index contributed by atoms with van der Waals surface area (Å²) in [5.41, 5.74) is 1.32. The molecule has 0 saturated heterocycles. The summed E-state index contributed by atoms with van der Waals surface area (Å²) in [5.74, 6) is 0.191. The van der Waals surface area contributed by atoms with Crippen molar-refractivity contribution >= 4 is 31.6 Å². The summed E-state index contributed by atoms with van der Waals surface area (Å²) in [6.45, 7) is 0.156. The fourth-order valence-electron chi connectivity index (χ4n) is 2.74. The molecule has 0 saturated carbocycles. The summed E-state index contributed by atoms with van der Waals surface area (Å²) in [7, 11) is -6.09. The van der Waals surface area contributed by atoms with Gasteiger partial charge in [0.05, 0.1) is 16.9 Å². The van der Waals surface area contributed by atoms with Crippen molar-refractivity contribution in [1.82, 2.24) is 5.32 Å². The smallest absolute Gasteiger partial charge is 0.261 e. The first kappa shape index (κ1) is 23.3. The lowest BCUT2D eigenvalue weighted by Gasteiger charge is -2.10. The van der Waals surface area contributed by atoms with E-state index in [1.165, 1.54) is 43.5 Å². The van der Waals surface area contributed by atoms with Crippen LogP contribution in [0.4, 0.5) is 5.69 Å². The Morgan fingerprint density at radius 3 is 1.94 bits per heavy atom. The van der Waals surface area contributed by atoms with E-state index in [4.69, 9.17) is 9.88 Å². The first-order chi connectivity index (χ1) is 15.1. The minimum Gasteiger partial charge on any atom is -0.497 e. The monoisotopic (exact) mass is 475 g/mol. The first-order valence-electron chi connectivity index (χ1n) is 9.25. The predicted octanol–water partition coefficient (Wildman–Crippen LogP) is 2.07. The van der Waals surface area contributed by atoms with Crippen LogP contribution in [0.1, 0.15) is 15.9 Å². The maximum absolute atomic E-state index is 12.6. The molecule has 3 rings (SSSR count). The van der Waals surface area contributed by atoms with Gasteiger partial charge in [-0.2, -0.15) is 0 Å². The number of hydrogen-bond acceptors (Lipinski definition) is 6. The molecule has 3 aromatic rings. The minimum absolute atomic E-state index is 0.00320. The maximum Gasteiger partial charge on any atom is 0.261 e. The van der Waals surface area contributed by atoms with Crippen LogP contribution in [0.15, 0.2) is 82.6 Å². The highest BCUT2D eigenvalue weighted by molar-refractivity contribution is 7.92. The van der Waals surface area contributed by atoms with Crippen LogP contribution in [0.3, 0.4) is 0 Å². The molecule has 32 heavy (non-hydrogen) atoms. The molecule has 0 aliphatic carbocycles. The number of amides is 1. The van der Waals surface area contributed by atoms with E-state index in [9.17, 15) is 21.6 Å². The normalized spacial score (nSPS) is 11.6. The number of primary sulfonamides is 1. The summed E-state index contributed by atoms with van der Waals surface area (Å²) < 4.78 is 55.2. The van der Waals surface area contributed by atoms with Crippen molar-refractivity contribution in [3.8, 4) is 5.75 Å². The summed E-state index contributed by atoms with van der Waals surface area (Å²) >= 11 is 0. The number of rotatable bonds is 8. The molecule has 0 radical (unpaired) electrons. The number of sulfonamides is 2. The maximum atomic E-state index is 12.6. The largest absolute Gasteiger partial charge is 0.497 e. The highest BCUT2D eigenvalue weighted by Gasteiger charge is 2.15. The molecule has 9 nitrogen and oxygen atoms in total. The number of anilines is 1. The SMILES string of the molecule is COc1ccc(NS(=O)(=O)c2ccc(C(=O)NCc3ccc(S(N)(=O)=O)cc3)cc2)cc1. The lowest BCUT2D eigenvalue weighted by Crippen LogP contribution is -2.23. The quantitative estimate of drug-likeness (QED) is 0.455. The fraction of sp³-hybridized carbons (Fsp3) is 0.0952. The van der Waals surface area contributed by atoms with Gasteiger partial charge in [-0.1, -0.05) is 12.1 Å². The second kappa shape index (κ2) is 9.39. The molecule has 0 fully saturated rings. The number of carbonyl (C=O) groups is 1.